The maximum absolute atomic E-state index is 12.1. The maximum Gasteiger partial charge on any atom is 0.491 e. The van der Waals surface area contributed by atoms with Crippen molar-refractivity contribution in [1.82, 2.24) is 0 Å². The molecule has 0 spiro atoms. The fourth-order valence-electron chi connectivity index (χ4n) is 2.06. The standard InChI is InChI=1S/C17H17BO4/c1-2-22-18(21)15-10-8-14(9-11-15)17(20)12-16(19)13-6-4-3-5-7-13/h3-11,21H,2,12H2,1H3. The van der Waals surface area contributed by atoms with Crippen LogP contribution in [0.1, 0.15) is 34.1 Å². The highest BCUT2D eigenvalue weighted by Gasteiger charge is 2.17. The smallest absolute Gasteiger partial charge is 0.423 e. The molecule has 0 aliphatic heterocycles. The summed E-state index contributed by atoms with van der Waals surface area (Å²) in [7, 11) is -1.000. The van der Waals surface area contributed by atoms with Gasteiger partial charge in [-0.25, -0.2) is 0 Å². The molecule has 2 aromatic rings. The van der Waals surface area contributed by atoms with Gasteiger partial charge in [0.2, 0.25) is 0 Å². The molecule has 0 unspecified atom stereocenters. The summed E-state index contributed by atoms with van der Waals surface area (Å²) in [6.07, 6.45) is -0.169. The fraction of sp³-hybridized carbons (Fsp3) is 0.176. The number of carbonyl (C=O) groups excluding carboxylic acids is 2. The van der Waals surface area contributed by atoms with Crippen molar-refractivity contribution in [2.45, 2.75) is 13.3 Å². The second-order valence-electron chi connectivity index (χ2n) is 4.82. The quantitative estimate of drug-likeness (QED) is 0.481. The zero-order chi connectivity index (χ0) is 15.9. The normalized spacial score (nSPS) is 10.3. The Kier molecular flexibility index (Phi) is 5.64. The van der Waals surface area contributed by atoms with Crippen LogP contribution in [-0.2, 0) is 4.65 Å². The zero-order valence-corrected chi connectivity index (χ0v) is 12.4. The summed E-state index contributed by atoms with van der Waals surface area (Å²) in [5, 5.41) is 9.68. The Morgan fingerprint density at radius 2 is 1.50 bits per heavy atom. The van der Waals surface area contributed by atoms with Gasteiger partial charge in [-0.3, -0.25) is 9.59 Å². The molecule has 1 N–H and O–H groups in total. The lowest BCUT2D eigenvalue weighted by atomic mass is 9.79. The van der Waals surface area contributed by atoms with Crippen LogP contribution in [0, 0.1) is 0 Å². The minimum Gasteiger partial charge on any atom is -0.423 e. The summed E-state index contributed by atoms with van der Waals surface area (Å²) in [5.74, 6) is -0.449. The zero-order valence-electron chi connectivity index (χ0n) is 12.4. The molecule has 112 valence electrons. The summed E-state index contributed by atoms with van der Waals surface area (Å²) in [5.41, 5.74) is 1.55. The number of rotatable bonds is 7. The highest BCUT2D eigenvalue weighted by atomic mass is 16.5. The van der Waals surface area contributed by atoms with Gasteiger partial charge < -0.3 is 9.68 Å². The molecule has 0 atom stereocenters. The van der Waals surface area contributed by atoms with Crippen molar-refractivity contribution in [3.63, 3.8) is 0 Å². The molecule has 0 aromatic heterocycles. The van der Waals surface area contributed by atoms with Crippen LogP contribution in [0.2, 0.25) is 0 Å². The van der Waals surface area contributed by atoms with Gasteiger partial charge in [-0.15, -0.1) is 0 Å². The first-order chi connectivity index (χ1) is 10.6. The van der Waals surface area contributed by atoms with Gasteiger partial charge in [0.1, 0.15) is 0 Å². The number of carbonyl (C=O) groups is 2. The Hall–Kier alpha value is -2.24. The Morgan fingerprint density at radius 1 is 0.955 bits per heavy atom. The van der Waals surface area contributed by atoms with Crippen molar-refractivity contribution < 1.29 is 19.3 Å². The van der Waals surface area contributed by atoms with E-state index in [0.717, 1.165) is 0 Å². The molecule has 22 heavy (non-hydrogen) atoms. The first kappa shape index (κ1) is 16.1. The monoisotopic (exact) mass is 296 g/mol. The third-order valence-corrected chi connectivity index (χ3v) is 3.26. The summed E-state index contributed by atoms with van der Waals surface area (Å²) in [6.45, 7) is 2.18. The van der Waals surface area contributed by atoms with Gasteiger partial charge in [0.05, 0.1) is 6.42 Å². The van der Waals surface area contributed by atoms with Gasteiger partial charge in [-0.05, 0) is 12.4 Å². The lowest BCUT2D eigenvalue weighted by Crippen LogP contribution is -2.33. The largest absolute Gasteiger partial charge is 0.491 e. The minimum absolute atomic E-state index is 0.169. The van der Waals surface area contributed by atoms with E-state index < -0.39 is 7.12 Å². The highest BCUT2D eigenvalue weighted by molar-refractivity contribution is 6.59. The molecule has 0 saturated heterocycles. The average molecular weight is 296 g/mol. The molecular weight excluding hydrogens is 279 g/mol. The van der Waals surface area contributed by atoms with E-state index in [1.165, 1.54) is 0 Å². The van der Waals surface area contributed by atoms with E-state index in [-0.39, 0.29) is 18.0 Å². The molecule has 0 aliphatic carbocycles. The highest BCUT2D eigenvalue weighted by Crippen LogP contribution is 2.08. The molecule has 0 heterocycles. The van der Waals surface area contributed by atoms with Gasteiger partial charge in [-0.1, -0.05) is 54.6 Å². The average Bonchev–Trinajstić information content (AvgIpc) is 2.56. The Labute approximate surface area is 129 Å². The van der Waals surface area contributed by atoms with Gasteiger partial charge in [0, 0.05) is 17.7 Å². The molecule has 0 radical (unpaired) electrons. The third-order valence-electron chi connectivity index (χ3n) is 3.26. The van der Waals surface area contributed by atoms with Crippen molar-refractivity contribution in [3.05, 3.63) is 65.7 Å². The van der Waals surface area contributed by atoms with E-state index in [2.05, 4.69) is 0 Å². The molecule has 0 fully saturated rings. The summed E-state index contributed by atoms with van der Waals surface area (Å²) >= 11 is 0. The van der Waals surface area contributed by atoms with Crippen LogP contribution >= 0.6 is 0 Å². The number of ketones is 2. The van der Waals surface area contributed by atoms with Crippen LogP contribution in [0.5, 0.6) is 0 Å². The first-order valence-corrected chi connectivity index (χ1v) is 7.13. The number of hydrogen-bond donors (Lipinski definition) is 1. The van der Waals surface area contributed by atoms with Crippen molar-refractivity contribution in [2.24, 2.45) is 0 Å². The second kappa shape index (κ2) is 7.68. The molecule has 2 rings (SSSR count). The lowest BCUT2D eigenvalue weighted by molar-refractivity contribution is 0.0894. The Morgan fingerprint density at radius 3 is 2.05 bits per heavy atom. The molecule has 0 saturated carbocycles. The molecule has 0 aliphatic rings. The third kappa shape index (κ3) is 4.13. The van der Waals surface area contributed by atoms with Crippen molar-refractivity contribution in [3.8, 4) is 0 Å². The van der Waals surface area contributed by atoms with Gasteiger partial charge in [-0.2, -0.15) is 0 Å². The Bertz CT molecular complexity index is 637. The topological polar surface area (TPSA) is 63.6 Å². The van der Waals surface area contributed by atoms with Gasteiger partial charge >= 0.3 is 7.12 Å². The van der Waals surface area contributed by atoms with Crippen LogP contribution in [0.15, 0.2) is 54.6 Å². The van der Waals surface area contributed by atoms with Crippen molar-refractivity contribution >= 4 is 24.1 Å². The molecule has 5 heteroatoms. The molecule has 0 bridgehead atoms. The van der Waals surface area contributed by atoms with E-state index in [0.29, 0.717) is 23.2 Å². The van der Waals surface area contributed by atoms with E-state index >= 15 is 0 Å². The van der Waals surface area contributed by atoms with E-state index in [9.17, 15) is 14.6 Å². The number of Topliss-reactive ketones (excluding diaryl/α,β-unsaturated/α-hetero) is 2. The van der Waals surface area contributed by atoms with Crippen molar-refractivity contribution in [1.29, 1.82) is 0 Å². The van der Waals surface area contributed by atoms with Crippen LogP contribution in [0.4, 0.5) is 0 Å². The SMILES string of the molecule is CCOB(O)c1ccc(C(=O)CC(=O)c2ccccc2)cc1. The molecule has 0 amide bonds. The first-order valence-electron chi connectivity index (χ1n) is 7.13. The van der Waals surface area contributed by atoms with Crippen molar-refractivity contribution in [2.75, 3.05) is 6.61 Å². The van der Waals surface area contributed by atoms with Crippen LogP contribution in [-0.4, -0.2) is 30.3 Å². The predicted octanol–water partition coefficient (Wildman–Crippen LogP) is 1.87. The predicted molar refractivity (Wildman–Crippen MR) is 85.4 cm³/mol. The molecule has 4 nitrogen and oxygen atoms in total. The second-order valence-corrected chi connectivity index (χ2v) is 4.82. The van der Waals surface area contributed by atoms with Crippen LogP contribution in [0.3, 0.4) is 0 Å². The number of benzene rings is 2. The fourth-order valence-corrected chi connectivity index (χ4v) is 2.06. The number of hydrogen-bond acceptors (Lipinski definition) is 4. The summed E-state index contributed by atoms with van der Waals surface area (Å²) in [6, 6.07) is 15.2. The Balaban J connectivity index is 2.02. The van der Waals surface area contributed by atoms with Crippen LogP contribution in [0.25, 0.3) is 0 Å². The van der Waals surface area contributed by atoms with Gasteiger partial charge in [0.25, 0.3) is 0 Å². The van der Waals surface area contributed by atoms with E-state index in [1.54, 1.807) is 55.5 Å². The van der Waals surface area contributed by atoms with E-state index in [4.69, 9.17) is 4.65 Å². The summed E-state index contributed by atoms with van der Waals surface area (Å²) < 4.78 is 5.07. The van der Waals surface area contributed by atoms with Gasteiger partial charge in [0.15, 0.2) is 11.6 Å². The molecule has 2 aromatic carbocycles. The maximum atomic E-state index is 12.1. The lowest BCUT2D eigenvalue weighted by Gasteiger charge is -2.07. The van der Waals surface area contributed by atoms with Crippen LogP contribution < -0.4 is 5.46 Å². The summed E-state index contributed by atoms with van der Waals surface area (Å²) in [4.78, 5) is 24.1. The molecular formula is C17H17BO4. The minimum atomic E-state index is -1.000. The van der Waals surface area contributed by atoms with E-state index in [1.807, 2.05) is 6.07 Å².